The van der Waals surface area contributed by atoms with Crippen molar-refractivity contribution < 1.29 is 18.3 Å². The van der Waals surface area contributed by atoms with E-state index in [1.807, 2.05) is 19.1 Å². The van der Waals surface area contributed by atoms with Crippen LogP contribution in [0.5, 0.6) is 11.5 Å². The number of rotatable bonds is 6. The van der Waals surface area contributed by atoms with Crippen molar-refractivity contribution in [1.82, 2.24) is 4.98 Å². The van der Waals surface area contributed by atoms with E-state index in [1.165, 1.54) is 13.2 Å². The Hall–Kier alpha value is -2.37. The predicted molar refractivity (Wildman–Crippen MR) is 75.9 cm³/mol. The highest BCUT2D eigenvalue weighted by molar-refractivity contribution is 5.60. The lowest BCUT2D eigenvalue weighted by molar-refractivity contribution is -0.0494. The maximum Gasteiger partial charge on any atom is 0.387 e. The summed E-state index contributed by atoms with van der Waals surface area (Å²) in [6, 6.07) is 8.23. The zero-order valence-corrected chi connectivity index (χ0v) is 11.7. The number of anilines is 1. The fourth-order valence-corrected chi connectivity index (χ4v) is 1.90. The molecule has 1 atom stereocenters. The van der Waals surface area contributed by atoms with Gasteiger partial charge in [0.2, 0.25) is 0 Å². The van der Waals surface area contributed by atoms with Gasteiger partial charge in [-0.05, 0) is 30.7 Å². The number of aromatic nitrogens is 1. The minimum atomic E-state index is -2.88. The minimum Gasteiger partial charge on any atom is -0.497 e. The molecule has 0 aliphatic rings. The highest BCUT2D eigenvalue weighted by atomic mass is 19.3. The summed E-state index contributed by atoms with van der Waals surface area (Å²) < 4.78 is 34.5. The van der Waals surface area contributed by atoms with E-state index in [2.05, 4.69) is 15.0 Å². The quantitative estimate of drug-likeness (QED) is 0.878. The molecule has 112 valence electrons. The number of hydrogen-bond donors (Lipinski definition) is 1. The number of halogens is 2. The zero-order valence-electron chi connectivity index (χ0n) is 11.7. The van der Waals surface area contributed by atoms with Gasteiger partial charge in [-0.3, -0.25) is 4.98 Å². The largest absolute Gasteiger partial charge is 0.497 e. The van der Waals surface area contributed by atoms with Crippen molar-refractivity contribution in [3.63, 3.8) is 0 Å². The van der Waals surface area contributed by atoms with Crippen molar-refractivity contribution in [3.05, 3.63) is 48.3 Å². The second kappa shape index (κ2) is 6.88. The van der Waals surface area contributed by atoms with Gasteiger partial charge in [0, 0.05) is 18.5 Å². The second-order valence-corrected chi connectivity index (χ2v) is 4.39. The van der Waals surface area contributed by atoms with Crippen LogP contribution in [0.25, 0.3) is 0 Å². The molecule has 0 spiro atoms. The maximum atomic E-state index is 12.5. The molecule has 0 fully saturated rings. The molecule has 0 aliphatic heterocycles. The van der Waals surface area contributed by atoms with Gasteiger partial charge in [-0.2, -0.15) is 8.78 Å². The van der Waals surface area contributed by atoms with Crippen LogP contribution < -0.4 is 14.8 Å². The van der Waals surface area contributed by atoms with Crippen LogP contribution >= 0.6 is 0 Å². The molecule has 4 nitrogen and oxygen atoms in total. The first kappa shape index (κ1) is 15.0. The molecular formula is C15H16F2N2O2. The summed E-state index contributed by atoms with van der Waals surface area (Å²) in [6.45, 7) is -0.976. The van der Waals surface area contributed by atoms with Gasteiger partial charge in [0.25, 0.3) is 0 Å². The van der Waals surface area contributed by atoms with Crippen LogP contribution in [0, 0.1) is 0 Å². The predicted octanol–water partition coefficient (Wildman–Crippen LogP) is 3.86. The molecule has 0 saturated carbocycles. The molecule has 21 heavy (non-hydrogen) atoms. The first-order chi connectivity index (χ1) is 10.1. The average Bonchev–Trinajstić information content (AvgIpc) is 2.49. The highest BCUT2D eigenvalue weighted by Crippen LogP contribution is 2.33. The average molecular weight is 294 g/mol. The molecule has 0 amide bonds. The van der Waals surface area contributed by atoms with E-state index in [4.69, 9.17) is 4.74 Å². The summed E-state index contributed by atoms with van der Waals surface area (Å²) in [5, 5.41) is 3.13. The lowest BCUT2D eigenvalue weighted by Gasteiger charge is -2.19. The lowest BCUT2D eigenvalue weighted by Crippen LogP contribution is -2.10. The van der Waals surface area contributed by atoms with Crippen molar-refractivity contribution >= 4 is 5.69 Å². The van der Waals surface area contributed by atoms with Crippen LogP contribution in [0.4, 0.5) is 14.5 Å². The Labute approximate surface area is 121 Å². The minimum absolute atomic E-state index is 0.0709. The summed E-state index contributed by atoms with van der Waals surface area (Å²) in [6.07, 6.45) is 3.39. The Balaban J connectivity index is 2.24. The molecule has 2 aromatic rings. The van der Waals surface area contributed by atoms with E-state index in [1.54, 1.807) is 24.5 Å². The van der Waals surface area contributed by atoms with Crippen LogP contribution in [0.2, 0.25) is 0 Å². The number of ether oxygens (including phenoxy) is 2. The molecule has 1 aromatic carbocycles. The van der Waals surface area contributed by atoms with Gasteiger partial charge in [0.05, 0.1) is 18.8 Å². The van der Waals surface area contributed by atoms with Crippen molar-refractivity contribution in [2.24, 2.45) is 0 Å². The van der Waals surface area contributed by atoms with Crippen LogP contribution in [-0.4, -0.2) is 18.7 Å². The molecule has 0 radical (unpaired) electrons. The Kier molecular flexibility index (Phi) is 4.92. The first-order valence-corrected chi connectivity index (χ1v) is 6.39. The fourth-order valence-electron chi connectivity index (χ4n) is 1.90. The van der Waals surface area contributed by atoms with Gasteiger partial charge in [-0.1, -0.05) is 6.07 Å². The van der Waals surface area contributed by atoms with Gasteiger partial charge in [0.15, 0.2) is 0 Å². The zero-order chi connectivity index (χ0) is 15.2. The third-order valence-electron chi connectivity index (χ3n) is 2.96. The van der Waals surface area contributed by atoms with Crippen molar-refractivity contribution in [3.8, 4) is 11.5 Å². The van der Waals surface area contributed by atoms with Gasteiger partial charge in [-0.15, -0.1) is 0 Å². The monoisotopic (exact) mass is 294 g/mol. The molecule has 0 bridgehead atoms. The molecule has 0 aliphatic carbocycles. The van der Waals surface area contributed by atoms with Crippen molar-refractivity contribution in [2.75, 3.05) is 12.4 Å². The first-order valence-electron chi connectivity index (χ1n) is 6.39. The summed E-state index contributed by atoms with van der Waals surface area (Å²) in [5.41, 5.74) is 1.37. The summed E-state index contributed by atoms with van der Waals surface area (Å²) in [4.78, 5) is 4.04. The molecule has 6 heteroatoms. The molecule has 1 unspecified atom stereocenters. The van der Waals surface area contributed by atoms with Gasteiger partial charge >= 0.3 is 6.61 Å². The molecule has 0 saturated heterocycles. The van der Waals surface area contributed by atoms with Gasteiger partial charge < -0.3 is 14.8 Å². The number of benzene rings is 1. The normalized spacial score (nSPS) is 12.0. The van der Waals surface area contributed by atoms with E-state index >= 15 is 0 Å². The van der Waals surface area contributed by atoms with Gasteiger partial charge in [0.1, 0.15) is 11.5 Å². The van der Waals surface area contributed by atoms with Crippen LogP contribution in [0.1, 0.15) is 18.5 Å². The van der Waals surface area contributed by atoms with Crippen LogP contribution in [0.3, 0.4) is 0 Å². The van der Waals surface area contributed by atoms with E-state index < -0.39 is 6.61 Å². The number of nitrogens with one attached hydrogen (secondary N) is 1. The maximum absolute atomic E-state index is 12.5. The Morgan fingerprint density at radius 1 is 1.24 bits per heavy atom. The summed E-state index contributed by atoms with van der Waals surface area (Å²) in [7, 11) is 1.51. The summed E-state index contributed by atoms with van der Waals surface area (Å²) in [5.74, 6) is 0.624. The van der Waals surface area contributed by atoms with Crippen LogP contribution in [-0.2, 0) is 0 Å². The topological polar surface area (TPSA) is 43.4 Å². The number of nitrogens with zero attached hydrogens (tertiary/aromatic N) is 1. The SMILES string of the molecule is COc1ccc(OC(F)F)c(NC(C)c2cccnc2)c1. The molecule has 1 aromatic heterocycles. The molecule has 1 heterocycles. The Morgan fingerprint density at radius 2 is 2.05 bits per heavy atom. The second-order valence-electron chi connectivity index (χ2n) is 4.39. The third-order valence-corrected chi connectivity index (χ3v) is 2.96. The smallest absolute Gasteiger partial charge is 0.387 e. The van der Waals surface area contributed by atoms with Gasteiger partial charge in [-0.25, -0.2) is 0 Å². The number of hydrogen-bond acceptors (Lipinski definition) is 4. The van der Waals surface area contributed by atoms with E-state index in [0.29, 0.717) is 11.4 Å². The van der Waals surface area contributed by atoms with E-state index in [9.17, 15) is 8.78 Å². The molecule has 1 N–H and O–H groups in total. The van der Waals surface area contributed by atoms with Crippen LogP contribution in [0.15, 0.2) is 42.7 Å². The number of pyridine rings is 1. The van der Waals surface area contributed by atoms with E-state index in [0.717, 1.165) is 5.56 Å². The highest BCUT2D eigenvalue weighted by Gasteiger charge is 2.13. The fraction of sp³-hybridized carbons (Fsp3) is 0.267. The standard InChI is InChI=1S/C15H16F2N2O2/c1-10(11-4-3-7-18-9-11)19-13-8-12(20-2)5-6-14(13)21-15(16)17/h3-10,15,19H,1-2H3. The summed E-state index contributed by atoms with van der Waals surface area (Å²) >= 11 is 0. The number of alkyl halides is 2. The van der Waals surface area contributed by atoms with Crippen molar-refractivity contribution in [2.45, 2.75) is 19.6 Å². The molecule has 2 rings (SSSR count). The molecular weight excluding hydrogens is 278 g/mol. The Morgan fingerprint density at radius 3 is 2.67 bits per heavy atom. The third kappa shape index (κ3) is 4.05. The number of methoxy groups -OCH3 is 1. The van der Waals surface area contributed by atoms with Crippen molar-refractivity contribution in [1.29, 1.82) is 0 Å². The Bertz CT molecular complexity index is 579. The van der Waals surface area contributed by atoms with E-state index in [-0.39, 0.29) is 11.8 Å². The lowest BCUT2D eigenvalue weighted by atomic mass is 10.1.